The van der Waals surface area contributed by atoms with Crippen LogP contribution in [0, 0.1) is 22.6 Å². The molecule has 100 valence electrons. The van der Waals surface area contributed by atoms with Crippen molar-refractivity contribution in [3.63, 3.8) is 0 Å². The summed E-state index contributed by atoms with van der Waals surface area (Å²) >= 11 is 0. The molecule has 0 saturated carbocycles. The van der Waals surface area contributed by atoms with Crippen molar-refractivity contribution in [2.24, 2.45) is 5.41 Å². The van der Waals surface area contributed by atoms with Crippen LogP contribution in [-0.2, 0) is 12.8 Å². The van der Waals surface area contributed by atoms with E-state index in [-0.39, 0.29) is 5.82 Å². The van der Waals surface area contributed by atoms with Gasteiger partial charge in [-0.3, -0.25) is 0 Å². The molecule has 0 saturated heterocycles. The lowest BCUT2D eigenvalue weighted by Gasteiger charge is -2.32. The first-order valence-electron chi connectivity index (χ1n) is 6.57. The topological polar surface area (TPSA) is 33.0 Å². The maximum atomic E-state index is 12.9. The van der Waals surface area contributed by atoms with Gasteiger partial charge in [0.1, 0.15) is 18.2 Å². The van der Waals surface area contributed by atoms with Crippen LogP contribution in [0.15, 0.2) is 48.5 Å². The Morgan fingerprint density at radius 2 is 1.90 bits per heavy atom. The Bertz CT molecular complexity index is 659. The molecule has 0 N–H and O–H groups in total. The van der Waals surface area contributed by atoms with Crippen molar-refractivity contribution < 1.29 is 9.13 Å². The van der Waals surface area contributed by atoms with E-state index in [1.165, 1.54) is 12.1 Å². The summed E-state index contributed by atoms with van der Waals surface area (Å²) in [6.07, 6.45) is 1.23. The van der Waals surface area contributed by atoms with E-state index in [2.05, 4.69) is 6.07 Å². The molecule has 1 unspecified atom stereocenters. The number of nitriles is 1. The maximum absolute atomic E-state index is 12.9. The Morgan fingerprint density at radius 3 is 2.65 bits per heavy atom. The van der Waals surface area contributed by atoms with E-state index in [9.17, 15) is 9.65 Å². The van der Waals surface area contributed by atoms with E-state index in [1.54, 1.807) is 12.1 Å². The molecule has 0 bridgehead atoms. The Labute approximate surface area is 117 Å². The highest BCUT2D eigenvalue weighted by Crippen LogP contribution is 2.36. The second kappa shape index (κ2) is 4.97. The molecule has 0 aliphatic carbocycles. The van der Waals surface area contributed by atoms with Crippen molar-refractivity contribution in [1.29, 1.82) is 5.26 Å². The molecule has 1 heterocycles. The van der Waals surface area contributed by atoms with Crippen molar-refractivity contribution in [2.45, 2.75) is 12.8 Å². The zero-order chi connectivity index (χ0) is 14.0. The van der Waals surface area contributed by atoms with Gasteiger partial charge < -0.3 is 4.74 Å². The zero-order valence-electron chi connectivity index (χ0n) is 11.0. The quantitative estimate of drug-likeness (QED) is 0.834. The molecular weight excluding hydrogens is 253 g/mol. The standard InChI is InChI=1S/C17H14FNO/c18-15-7-5-13(6-8-15)9-17(11-19)10-14-3-1-2-4-16(14)20-12-17/h1-8H,9-10,12H2. The molecule has 0 radical (unpaired) electrons. The molecule has 0 fully saturated rings. The van der Waals surface area contributed by atoms with Gasteiger partial charge in [0, 0.05) is 0 Å². The Morgan fingerprint density at radius 1 is 1.15 bits per heavy atom. The maximum Gasteiger partial charge on any atom is 0.123 e. The molecule has 3 heteroatoms. The van der Waals surface area contributed by atoms with E-state index in [0.717, 1.165) is 16.9 Å². The van der Waals surface area contributed by atoms with Gasteiger partial charge in [0.25, 0.3) is 0 Å². The molecule has 2 aromatic rings. The third kappa shape index (κ3) is 2.37. The molecule has 0 aromatic heterocycles. The van der Waals surface area contributed by atoms with Crippen molar-refractivity contribution in [3.05, 3.63) is 65.5 Å². The fraction of sp³-hybridized carbons (Fsp3) is 0.235. The van der Waals surface area contributed by atoms with Crippen LogP contribution < -0.4 is 4.74 Å². The highest BCUT2D eigenvalue weighted by Gasteiger charge is 2.36. The Kier molecular flexibility index (Phi) is 3.15. The smallest absolute Gasteiger partial charge is 0.123 e. The summed E-state index contributed by atoms with van der Waals surface area (Å²) in [6, 6.07) is 16.5. The minimum Gasteiger partial charge on any atom is -0.492 e. The molecule has 2 nitrogen and oxygen atoms in total. The summed E-state index contributed by atoms with van der Waals surface area (Å²) < 4.78 is 18.7. The largest absolute Gasteiger partial charge is 0.492 e. The molecule has 1 atom stereocenters. The summed E-state index contributed by atoms with van der Waals surface area (Å²) in [6.45, 7) is 0.373. The minimum atomic E-state index is -0.577. The molecule has 3 rings (SSSR count). The van der Waals surface area contributed by atoms with Gasteiger partial charge >= 0.3 is 0 Å². The van der Waals surface area contributed by atoms with Crippen LogP contribution in [0.5, 0.6) is 5.75 Å². The SMILES string of the molecule is N#CC1(Cc2ccc(F)cc2)COc2ccccc2C1. The van der Waals surface area contributed by atoms with Gasteiger partial charge in [-0.05, 0) is 42.2 Å². The van der Waals surface area contributed by atoms with Gasteiger partial charge in [-0.15, -0.1) is 0 Å². The fourth-order valence-corrected chi connectivity index (χ4v) is 2.64. The van der Waals surface area contributed by atoms with Gasteiger partial charge in [-0.1, -0.05) is 30.3 Å². The van der Waals surface area contributed by atoms with E-state index < -0.39 is 5.41 Å². The third-order valence-corrected chi connectivity index (χ3v) is 3.70. The highest BCUT2D eigenvalue weighted by molar-refractivity contribution is 5.38. The van der Waals surface area contributed by atoms with E-state index in [4.69, 9.17) is 4.74 Å². The molecular formula is C17H14FNO. The van der Waals surface area contributed by atoms with E-state index in [0.29, 0.717) is 19.4 Å². The number of rotatable bonds is 2. The second-order valence-electron chi connectivity index (χ2n) is 5.27. The number of ether oxygens (including phenoxy) is 1. The third-order valence-electron chi connectivity index (χ3n) is 3.70. The van der Waals surface area contributed by atoms with Crippen LogP contribution in [0.4, 0.5) is 4.39 Å². The lowest BCUT2D eigenvalue weighted by atomic mass is 9.77. The average molecular weight is 267 g/mol. The minimum absolute atomic E-state index is 0.259. The summed E-state index contributed by atoms with van der Waals surface area (Å²) in [4.78, 5) is 0. The van der Waals surface area contributed by atoms with Crippen LogP contribution in [0.3, 0.4) is 0 Å². The van der Waals surface area contributed by atoms with Gasteiger partial charge in [-0.25, -0.2) is 4.39 Å². The number of hydrogen-bond donors (Lipinski definition) is 0. The lowest BCUT2D eigenvalue weighted by molar-refractivity contribution is 0.169. The van der Waals surface area contributed by atoms with E-state index >= 15 is 0 Å². The van der Waals surface area contributed by atoms with Crippen molar-refractivity contribution in [2.75, 3.05) is 6.61 Å². The van der Waals surface area contributed by atoms with Crippen LogP contribution in [0.25, 0.3) is 0 Å². The first-order valence-corrected chi connectivity index (χ1v) is 6.57. The number of halogens is 1. The first kappa shape index (κ1) is 12.7. The monoisotopic (exact) mass is 267 g/mol. The second-order valence-corrected chi connectivity index (χ2v) is 5.27. The van der Waals surface area contributed by atoms with Gasteiger partial charge in [-0.2, -0.15) is 5.26 Å². The lowest BCUT2D eigenvalue weighted by Crippen LogP contribution is -2.35. The number of para-hydroxylation sites is 1. The molecule has 1 aliphatic rings. The number of hydrogen-bond acceptors (Lipinski definition) is 2. The first-order chi connectivity index (χ1) is 9.71. The molecule has 20 heavy (non-hydrogen) atoms. The summed E-state index contributed by atoms with van der Waals surface area (Å²) in [5.74, 6) is 0.600. The van der Waals surface area contributed by atoms with Crippen LogP contribution in [0.1, 0.15) is 11.1 Å². The van der Waals surface area contributed by atoms with Crippen molar-refractivity contribution in [3.8, 4) is 11.8 Å². The predicted molar refractivity (Wildman–Crippen MR) is 73.8 cm³/mol. The number of nitrogens with zero attached hydrogens (tertiary/aromatic N) is 1. The number of benzene rings is 2. The van der Waals surface area contributed by atoms with E-state index in [1.807, 2.05) is 24.3 Å². The van der Waals surface area contributed by atoms with Crippen LogP contribution in [-0.4, -0.2) is 6.61 Å². The predicted octanol–water partition coefficient (Wildman–Crippen LogP) is 3.51. The molecule has 0 spiro atoms. The normalized spacial score (nSPS) is 20.6. The molecule has 0 amide bonds. The van der Waals surface area contributed by atoms with Gasteiger partial charge in [0.15, 0.2) is 0 Å². The van der Waals surface area contributed by atoms with Crippen molar-refractivity contribution in [1.82, 2.24) is 0 Å². The van der Waals surface area contributed by atoms with Crippen molar-refractivity contribution >= 4 is 0 Å². The number of fused-ring (bicyclic) bond motifs is 1. The summed E-state index contributed by atoms with van der Waals surface area (Å²) in [5.41, 5.74) is 1.44. The summed E-state index contributed by atoms with van der Waals surface area (Å²) in [5, 5.41) is 9.58. The molecule has 1 aliphatic heterocycles. The highest BCUT2D eigenvalue weighted by atomic mass is 19.1. The van der Waals surface area contributed by atoms with Crippen LogP contribution in [0.2, 0.25) is 0 Å². The summed E-state index contributed by atoms with van der Waals surface area (Å²) in [7, 11) is 0. The Hall–Kier alpha value is -2.34. The van der Waals surface area contributed by atoms with Crippen LogP contribution >= 0.6 is 0 Å². The van der Waals surface area contributed by atoms with Gasteiger partial charge in [0.2, 0.25) is 0 Å². The zero-order valence-corrected chi connectivity index (χ0v) is 11.0. The fourth-order valence-electron chi connectivity index (χ4n) is 2.64. The average Bonchev–Trinajstić information content (AvgIpc) is 2.49. The van der Waals surface area contributed by atoms with Gasteiger partial charge in [0.05, 0.1) is 11.5 Å². The Balaban J connectivity index is 1.87. The molecule has 2 aromatic carbocycles.